The highest BCUT2D eigenvalue weighted by atomic mass is 32.1. The molecule has 1 fully saturated rings. The smallest absolute Gasteiger partial charge is 0.232 e. The summed E-state index contributed by atoms with van der Waals surface area (Å²) in [5, 5.41) is 8.75. The molecule has 0 aliphatic carbocycles. The molecule has 3 aromatic heterocycles. The third kappa shape index (κ3) is 6.06. The summed E-state index contributed by atoms with van der Waals surface area (Å²) in [5.41, 5.74) is 2.28. The SMILES string of the molecule is c1ccc(CN2CCN(c3nc(NCc4ccccn4)nc(NCc4cccs4)n3)CC2)cc1. The maximum atomic E-state index is 4.74. The minimum absolute atomic E-state index is 0.552. The van der Waals surface area contributed by atoms with Crippen LogP contribution in [0.2, 0.25) is 0 Å². The Bertz CT molecular complexity index is 1150. The van der Waals surface area contributed by atoms with Gasteiger partial charge in [-0.25, -0.2) is 0 Å². The van der Waals surface area contributed by atoms with E-state index in [4.69, 9.17) is 9.97 Å². The van der Waals surface area contributed by atoms with Crippen LogP contribution >= 0.6 is 11.3 Å². The molecular formula is C25H28N8S. The Hall–Kier alpha value is -3.56. The van der Waals surface area contributed by atoms with E-state index in [0.717, 1.165) is 38.4 Å². The number of anilines is 3. The number of benzene rings is 1. The van der Waals surface area contributed by atoms with E-state index >= 15 is 0 Å². The highest BCUT2D eigenvalue weighted by Crippen LogP contribution is 2.18. The lowest BCUT2D eigenvalue weighted by Crippen LogP contribution is -2.46. The number of nitrogens with one attached hydrogen (secondary N) is 2. The Labute approximate surface area is 203 Å². The van der Waals surface area contributed by atoms with Gasteiger partial charge in [-0.2, -0.15) is 15.0 Å². The Morgan fingerprint density at radius 2 is 1.53 bits per heavy atom. The summed E-state index contributed by atoms with van der Waals surface area (Å²) >= 11 is 1.71. The predicted octanol–water partition coefficient (Wildman–Crippen LogP) is 3.87. The minimum atomic E-state index is 0.552. The summed E-state index contributed by atoms with van der Waals surface area (Å²) in [6.07, 6.45) is 1.79. The van der Waals surface area contributed by atoms with Crippen molar-refractivity contribution in [2.45, 2.75) is 19.6 Å². The number of pyridine rings is 1. The van der Waals surface area contributed by atoms with Crippen molar-refractivity contribution in [3.63, 3.8) is 0 Å². The Balaban J connectivity index is 1.27. The second-order valence-electron chi connectivity index (χ2n) is 8.14. The number of hydrogen-bond acceptors (Lipinski definition) is 9. The van der Waals surface area contributed by atoms with E-state index in [0.29, 0.717) is 30.9 Å². The number of nitrogens with zero attached hydrogens (tertiary/aromatic N) is 6. The molecule has 1 aliphatic heterocycles. The van der Waals surface area contributed by atoms with Crippen LogP contribution in [0.5, 0.6) is 0 Å². The van der Waals surface area contributed by atoms with Gasteiger partial charge in [-0.05, 0) is 29.1 Å². The van der Waals surface area contributed by atoms with Gasteiger partial charge < -0.3 is 15.5 Å². The largest absolute Gasteiger partial charge is 0.349 e. The minimum Gasteiger partial charge on any atom is -0.349 e. The zero-order valence-electron chi connectivity index (χ0n) is 19.0. The third-order valence-electron chi connectivity index (χ3n) is 5.68. The van der Waals surface area contributed by atoms with E-state index in [1.807, 2.05) is 18.2 Å². The molecule has 1 saturated heterocycles. The zero-order chi connectivity index (χ0) is 23.0. The fraction of sp³-hybridized carbons (Fsp3) is 0.280. The molecule has 1 aliphatic rings. The van der Waals surface area contributed by atoms with E-state index in [1.165, 1.54) is 10.4 Å². The van der Waals surface area contributed by atoms with Crippen molar-refractivity contribution in [1.82, 2.24) is 24.8 Å². The van der Waals surface area contributed by atoms with Gasteiger partial charge in [0, 0.05) is 43.8 Å². The standard InChI is InChI=1S/C25H28N8S/c1-2-7-20(8-3-1)19-32-12-14-33(15-13-32)25-30-23(27-17-21-9-4-5-11-26-21)29-24(31-25)28-18-22-10-6-16-34-22/h1-11,16H,12-15,17-19H2,(H2,27,28,29,30,31). The van der Waals surface area contributed by atoms with Crippen molar-refractivity contribution >= 4 is 29.2 Å². The van der Waals surface area contributed by atoms with Crippen LogP contribution in [0.1, 0.15) is 16.1 Å². The molecule has 0 amide bonds. The molecule has 9 heteroatoms. The summed E-state index contributed by atoms with van der Waals surface area (Å²) < 4.78 is 0. The fourth-order valence-electron chi connectivity index (χ4n) is 3.86. The molecule has 5 rings (SSSR count). The van der Waals surface area contributed by atoms with E-state index in [9.17, 15) is 0 Å². The number of rotatable bonds is 9. The maximum Gasteiger partial charge on any atom is 0.232 e. The van der Waals surface area contributed by atoms with Gasteiger partial charge >= 0.3 is 0 Å². The van der Waals surface area contributed by atoms with Crippen LogP contribution in [0.4, 0.5) is 17.8 Å². The van der Waals surface area contributed by atoms with Crippen molar-refractivity contribution in [3.05, 3.63) is 88.4 Å². The fourth-order valence-corrected chi connectivity index (χ4v) is 4.51. The second-order valence-corrected chi connectivity index (χ2v) is 9.17. The molecule has 1 aromatic carbocycles. The van der Waals surface area contributed by atoms with Crippen molar-refractivity contribution in [1.29, 1.82) is 0 Å². The molecule has 174 valence electrons. The molecule has 0 radical (unpaired) electrons. The van der Waals surface area contributed by atoms with Crippen molar-refractivity contribution < 1.29 is 0 Å². The summed E-state index contributed by atoms with van der Waals surface area (Å²) in [7, 11) is 0. The second kappa shape index (κ2) is 11.0. The van der Waals surface area contributed by atoms with Gasteiger partial charge in [0.25, 0.3) is 0 Å². The van der Waals surface area contributed by atoms with Crippen LogP contribution in [0.3, 0.4) is 0 Å². The van der Waals surface area contributed by atoms with Gasteiger partial charge in [0.1, 0.15) is 0 Å². The summed E-state index contributed by atoms with van der Waals surface area (Å²) in [6, 6.07) is 20.7. The van der Waals surface area contributed by atoms with Gasteiger partial charge in [-0.1, -0.05) is 42.5 Å². The summed E-state index contributed by atoms with van der Waals surface area (Å²) in [6.45, 7) is 5.90. The summed E-state index contributed by atoms with van der Waals surface area (Å²) in [4.78, 5) is 24.4. The van der Waals surface area contributed by atoms with Crippen LogP contribution in [0.25, 0.3) is 0 Å². The Morgan fingerprint density at radius 3 is 2.24 bits per heavy atom. The molecule has 4 aromatic rings. The lowest BCUT2D eigenvalue weighted by atomic mass is 10.2. The van der Waals surface area contributed by atoms with Crippen LogP contribution in [-0.4, -0.2) is 51.0 Å². The molecule has 4 heterocycles. The molecule has 0 unspecified atom stereocenters. The van der Waals surface area contributed by atoms with E-state index < -0.39 is 0 Å². The van der Waals surface area contributed by atoms with Crippen molar-refractivity contribution in [2.75, 3.05) is 41.7 Å². The monoisotopic (exact) mass is 472 g/mol. The molecule has 0 bridgehead atoms. The van der Waals surface area contributed by atoms with Crippen LogP contribution in [0.15, 0.2) is 72.2 Å². The van der Waals surface area contributed by atoms with Gasteiger partial charge in [-0.15, -0.1) is 11.3 Å². The van der Waals surface area contributed by atoms with Crippen LogP contribution < -0.4 is 15.5 Å². The first-order chi connectivity index (χ1) is 16.8. The number of piperazine rings is 1. The molecule has 0 spiro atoms. The Morgan fingerprint density at radius 1 is 0.765 bits per heavy atom. The number of aromatic nitrogens is 4. The Kier molecular flexibility index (Phi) is 7.22. The number of hydrogen-bond donors (Lipinski definition) is 2. The maximum absolute atomic E-state index is 4.74. The first kappa shape index (κ1) is 22.2. The van der Waals surface area contributed by atoms with Crippen LogP contribution in [-0.2, 0) is 19.6 Å². The highest BCUT2D eigenvalue weighted by molar-refractivity contribution is 7.09. The third-order valence-corrected chi connectivity index (χ3v) is 6.56. The molecule has 0 saturated carbocycles. The van der Waals surface area contributed by atoms with Gasteiger partial charge in [0.05, 0.1) is 18.8 Å². The van der Waals surface area contributed by atoms with Crippen LogP contribution in [0, 0.1) is 0 Å². The average Bonchev–Trinajstić information content (AvgIpc) is 3.42. The summed E-state index contributed by atoms with van der Waals surface area (Å²) in [5.74, 6) is 1.83. The van der Waals surface area contributed by atoms with E-state index in [-0.39, 0.29) is 0 Å². The molecule has 2 N–H and O–H groups in total. The predicted molar refractivity (Wildman–Crippen MR) is 137 cm³/mol. The molecular weight excluding hydrogens is 444 g/mol. The van der Waals surface area contributed by atoms with Gasteiger partial charge in [0.15, 0.2) is 0 Å². The lowest BCUT2D eigenvalue weighted by molar-refractivity contribution is 0.248. The lowest BCUT2D eigenvalue weighted by Gasteiger charge is -2.34. The average molecular weight is 473 g/mol. The molecule has 34 heavy (non-hydrogen) atoms. The topological polar surface area (TPSA) is 82.1 Å². The van der Waals surface area contributed by atoms with Crippen molar-refractivity contribution in [3.8, 4) is 0 Å². The quantitative estimate of drug-likeness (QED) is 0.380. The highest BCUT2D eigenvalue weighted by Gasteiger charge is 2.20. The molecule has 8 nitrogen and oxygen atoms in total. The molecule has 0 atom stereocenters. The zero-order valence-corrected chi connectivity index (χ0v) is 19.8. The first-order valence-electron chi connectivity index (χ1n) is 11.5. The normalized spacial score (nSPS) is 14.2. The van der Waals surface area contributed by atoms with E-state index in [1.54, 1.807) is 17.5 Å². The van der Waals surface area contributed by atoms with Gasteiger partial charge in [-0.3, -0.25) is 9.88 Å². The van der Waals surface area contributed by atoms with Crippen molar-refractivity contribution in [2.24, 2.45) is 0 Å². The van der Waals surface area contributed by atoms with E-state index in [2.05, 4.69) is 78.2 Å². The first-order valence-corrected chi connectivity index (χ1v) is 12.4. The van der Waals surface area contributed by atoms with Gasteiger partial charge in [0.2, 0.25) is 17.8 Å². The number of thiophene rings is 1.